The molecule has 7 heteroatoms. The Morgan fingerprint density at radius 1 is 1.42 bits per heavy atom. The van der Waals surface area contributed by atoms with Crippen LogP contribution in [0.3, 0.4) is 0 Å². The lowest BCUT2D eigenvalue weighted by molar-refractivity contribution is 0.474. The highest BCUT2D eigenvalue weighted by molar-refractivity contribution is 7.89. The van der Waals surface area contributed by atoms with Crippen molar-refractivity contribution < 1.29 is 8.42 Å². The van der Waals surface area contributed by atoms with Crippen LogP contribution in [-0.2, 0) is 16.6 Å². The van der Waals surface area contributed by atoms with E-state index in [0.717, 1.165) is 25.0 Å². The number of nitrogens with one attached hydrogen (secondary N) is 3. The van der Waals surface area contributed by atoms with Gasteiger partial charge in [0, 0.05) is 24.3 Å². The zero-order valence-electron chi connectivity index (χ0n) is 11.7. The van der Waals surface area contributed by atoms with Gasteiger partial charge in [-0.3, -0.25) is 5.10 Å². The van der Waals surface area contributed by atoms with Crippen LogP contribution in [-0.4, -0.2) is 32.2 Å². The number of aryl methyl sites for hydroxylation is 1. The Kier molecular flexibility index (Phi) is 3.98. The smallest absolute Gasteiger partial charge is 0.260 e. The molecule has 1 aliphatic carbocycles. The van der Waals surface area contributed by atoms with Crippen molar-refractivity contribution >= 4 is 10.0 Å². The molecule has 1 aromatic rings. The molecule has 1 saturated carbocycles. The van der Waals surface area contributed by atoms with Crippen molar-refractivity contribution in [2.75, 3.05) is 13.6 Å². The minimum absolute atomic E-state index is 0.117. The summed E-state index contributed by atoms with van der Waals surface area (Å²) < 4.78 is 27.3. The molecule has 0 aliphatic heterocycles. The Bertz CT molecular complexity index is 546. The Morgan fingerprint density at radius 2 is 2.11 bits per heavy atom. The maximum absolute atomic E-state index is 12.3. The van der Waals surface area contributed by atoms with Crippen LogP contribution in [0.1, 0.15) is 37.4 Å². The first kappa shape index (κ1) is 14.5. The van der Waals surface area contributed by atoms with Gasteiger partial charge >= 0.3 is 0 Å². The summed E-state index contributed by atoms with van der Waals surface area (Å²) in [6.45, 7) is 4.92. The van der Waals surface area contributed by atoms with E-state index in [1.54, 1.807) is 7.05 Å². The summed E-state index contributed by atoms with van der Waals surface area (Å²) in [5, 5.41) is 9.77. The Balaban J connectivity index is 2.15. The van der Waals surface area contributed by atoms with E-state index >= 15 is 0 Å². The van der Waals surface area contributed by atoms with Crippen molar-refractivity contribution in [2.45, 2.75) is 44.7 Å². The van der Waals surface area contributed by atoms with Crippen LogP contribution in [0.25, 0.3) is 0 Å². The van der Waals surface area contributed by atoms with Crippen LogP contribution >= 0.6 is 0 Å². The summed E-state index contributed by atoms with van der Waals surface area (Å²) >= 11 is 0. The fourth-order valence-corrected chi connectivity index (χ4v) is 3.53. The van der Waals surface area contributed by atoms with Gasteiger partial charge in [-0.05, 0) is 38.6 Å². The molecule has 1 fully saturated rings. The van der Waals surface area contributed by atoms with Crippen molar-refractivity contribution in [2.24, 2.45) is 5.41 Å². The van der Waals surface area contributed by atoms with Crippen molar-refractivity contribution in [3.05, 3.63) is 11.3 Å². The molecule has 0 amide bonds. The van der Waals surface area contributed by atoms with E-state index in [9.17, 15) is 8.42 Å². The zero-order valence-corrected chi connectivity index (χ0v) is 12.5. The second-order valence-corrected chi connectivity index (χ2v) is 7.02. The molecule has 0 saturated heterocycles. The number of aromatic amines is 1. The number of aromatic nitrogens is 2. The third-order valence-electron chi connectivity index (χ3n) is 3.99. The minimum Gasteiger partial charge on any atom is -0.316 e. The predicted molar refractivity (Wildman–Crippen MR) is 73.2 cm³/mol. The second-order valence-electron chi connectivity index (χ2n) is 5.34. The van der Waals surface area contributed by atoms with Crippen LogP contribution in [0.5, 0.6) is 0 Å². The van der Waals surface area contributed by atoms with Crippen LogP contribution in [0.15, 0.2) is 5.03 Å². The number of nitrogens with zero attached hydrogens (tertiary/aromatic N) is 1. The van der Waals surface area contributed by atoms with Gasteiger partial charge in [0.15, 0.2) is 5.03 Å². The van der Waals surface area contributed by atoms with Gasteiger partial charge in [0.2, 0.25) is 0 Å². The maximum atomic E-state index is 12.3. The van der Waals surface area contributed by atoms with E-state index in [2.05, 4.69) is 27.2 Å². The van der Waals surface area contributed by atoms with Gasteiger partial charge in [-0.1, -0.05) is 6.92 Å². The molecule has 108 valence electrons. The molecule has 0 atom stereocenters. The quantitative estimate of drug-likeness (QED) is 0.695. The lowest BCUT2D eigenvalue weighted by Gasteiger charge is -2.13. The number of rotatable bonds is 7. The minimum atomic E-state index is -3.53. The average molecular weight is 286 g/mol. The van der Waals surface area contributed by atoms with Gasteiger partial charge in [0.25, 0.3) is 10.0 Å². The van der Waals surface area contributed by atoms with Gasteiger partial charge < -0.3 is 5.32 Å². The first-order valence-electron chi connectivity index (χ1n) is 6.62. The molecule has 0 spiro atoms. The van der Waals surface area contributed by atoms with Crippen LogP contribution in [0.4, 0.5) is 0 Å². The average Bonchev–Trinajstić information content (AvgIpc) is 3.07. The van der Waals surface area contributed by atoms with Gasteiger partial charge in [0.05, 0.1) is 0 Å². The van der Waals surface area contributed by atoms with Crippen LogP contribution in [0.2, 0.25) is 0 Å². The summed E-state index contributed by atoms with van der Waals surface area (Å²) in [7, 11) is -1.74. The number of H-pyrrole nitrogens is 1. The van der Waals surface area contributed by atoms with Gasteiger partial charge in [-0.2, -0.15) is 5.10 Å². The summed E-state index contributed by atoms with van der Waals surface area (Å²) in [6, 6.07) is 0. The molecule has 2 rings (SSSR count). The molecule has 1 heterocycles. The highest BCUT2D eigenvalue weighted by Gasteiger charge is 2.41. The van der Waals surface area contributed by atoms with Crippen LogP contribution < -0.4 is 10.0 Å². The topological polar surface area (TPSA) is 86.9 Å². The molecular weight excluding hydrogens is 264 g/mol. The second kappa shape index (κ2) is 5.22. The third-order valence-corrected chi connectivity index (χ3v) is 5.36. The molecule has 1 aliphatic rings. The van der Waals surface area contributed by atoms with Gasteiger partial charge in [-0.25, -0.2) is 13.1 Å². The fourth-order valence-electron chi connectivity index (χ4n) is 2.19. The number of hydrogen-bond donors (Lipinski definition) is 3. The highest BCUT2D eigenvalue weighted by Crippen LogP contribution is 2.48. The fraction of sp³-hybridized carbons (Fsp3) is 0.750. The molecule has 0 unspecified atom stereocenters. The largest absolute Gasteiger partial charge is 0.316 e. The van der Waals surface area contributed by atoms with Crippen LogP contribution in [0, 0.1) is 12.3 Å². The monoisotopic (exact) mass is 286 g/mol. The first-order chi connectivity index (χ1) is 8.94. The zero-order chi connectivity index (χ0) is 14.1. The normalized spacial score (nSPS) is 17.6. The SMILES string of the molecule is CCC1(CNS(=O)(=O)c2n[nH]c(C)c2CNC)CC1. The summed E-state index contributed by atoms with van der Waals surface area (Å²) in [5.74, 6) is 0. The van der Waals surface area contributed by atoms with Crippen molar-refractivity contribution in [1.29, 1.82) is 0 Å². The predicted octanol–water partition coefficient (Wildman–Crippen LogP) is 0.906. The molecule has 3 N–H and O–H groups in total. The van der Waals surface area contributed by atoms with E-state index in [4.69, 9.17) is 0 Å². The Morgan fingerprint density at radius 3 is 2.63 bits per heavy atom. The molecule has 1 aromatic heterocycles. The van der Waals surface area contributed by atoms with E-state index < -0.39 is 10.0 Å². The molecule has 0 radical (unpaired) electrons. The standard InChI is InChI=1S/C12H22N4O2S/c1-4-12(5-6-12)8-14-19(17,18)11-10(7-13-3)9(2)15-16-11/h13-14H,4-8H2,1-3H3,(H,15,16). The van der Waals surface area contributed by atoms with E-state index in [1.807, 2.05) is 6.92 Å². The van der Waals surface area contributed by atoms with E-state index in [-0.39, 0.29) is 10.4 Å². The van der Waals surface area contributed by atoms with Gasteiger partial charge in [-0.15, -0.1) is 0 Å². The lowest BCUT2D eigenvalue weighted by Crippen LogP contribution is -2.31. The molecule has 0 bridgehead atoms. The maximum Gasteiger partial charge on any atom is 0.260 e. The molecular formula is C12H22N4O2S. The van der Waals surface area contributed by atoms with Gasteiger partial charge in [0.1, 0.15) is 0 Å². The Hall–Kier alpha value is -0.920. The highest BCUT2D eigenvalue weighted by atomic mass is 32.2. The molecule has 6 nitrogen and oxygen atoms in total. The van der Waals surface area contributed by atoms with E-state index in [1.165, 1.54) is 0 Å². The third kappa shape index (κ3) is 2.98. The van der Waals surface area contributed by atoms with Crippen molar-refractivity contribution in [3.63, 3.8) is 0 Å². The summed E-state index contributed by atoms with van der Waals surface area (Å²) in [5.41, 5.74) is 1.67. The molecule has 19 heavy (non-hydrogen) atoms. The Labute approximate surface area is 114 Å². The summed E-state index contributed by atoms with van der Waals surface area (Å²) in [4.78, 5) is 0. The van der Waals surface area contributed by atoms with E-state index in [0.29, 0.717) is 18.7 Å². The molecule has 0 aromatic carbocycles. The number of hydrogen-bond acceptors (Lipinski definition) is 4. The first-order valence-corrected chi connectivity index (χ1v) is 8.10. The van der Waals surface area contributed by atoms with Crippen molar-refractivity contribution in [3.8, 4) is 0 Å². The lowest BCUT2D eigenvalue weighted by atomic mass is 10.1. The van der Waals surface area contributed by atoms with Crippen molar-refractivity contribution in [1.82, 2.24) is 20.2 Å². The summed E-state index contributed by atoms with van der Waals surface area (Å²) in [6.07, 6.45) is 3.22. The number of sulfonamides is 1.